The predicted octanol–water partition coefficient (Wildman–Crippen LogP) is 8.42. The van der Waals surface area contributed by atoms with Gasteiger partial charge in [-0.25, -0.2) is 0 Å². The van der Waals surface area contributed by atoms with E-state index in [1.54, 1.807) is 0 Å². The molecule has 14 aromatic rings. The first-order valence-electron chi connectivity index (χ1n) is 25.8. The normalized spacial score (nSPS) is 14.6. The molecule has 0 aliphatic carbocycles. The summed E-state index contributed by atoms with van der Waals surface area (Å²) in [4.78, 5) is 2.74. The lowest BCUT2D eigenvalue weighted by atomic mass is 9.30. The van der Waals surface area contributed by atoms with Crippen LogP contribution >= 0.6 is 0 Å². The van der Waals surface area contributed by atoms with Crippen LogP contribution in [0.25, 0.3) is 82.5 Å². The Morgan fingerprint density at radius 2 is 0.863 bits per heavy atom. The van der Waals surface area contributed by atoms with E-state index in [0.29, 0.717) is 0 Å². The highest BCUT2D eigenvalue weighted by Gasteiger charge is 2.55. The van der Waals surface area contributed by atoms with Crippen LogP contribution < -0.4 is 58.4 Å². The molecule has 0 spiro atoms. The fourth-order valence-corrected chi connectivity index (χ4v) is 20.8. The summed E-state index contributed by atoms with van der Waals surface area (Å²) in [6.45, 7) is -0.0139. The van der Waals surface area contributed by atoms with Crippen molar-refractivity contribution >= 4 is 158 Å². The third-order valence-electron chi connectivity index (χ3n) is 18.0. The Hall–Kier alpha value is -9.03. The van der Waals surface area contributed by atoms with Gasteiger partial charge in [-0.1, -0.05) is 194 Å². The van der Waals surface area contributed by atoms with Gasteiger partial charge in [0.1, 0.15) is 0 Å². The number of aromatic nitrogens is 3. The summed E-state index contributed by atoms with van der Waals surface area (Å²) in [5.74, 6) is 0. The first-order valence-corrected chi connectivity index (χ1v) is 27.8. The van der Waals surface area contributed by atoms with Crippen LogP contribution in [0.15, 0.2) is 231 Å². The molecule has 0 saturated heterocycles. The van der Waals surface area contributed by atoms with E-state index in [-0.39, 0.29) is 13.4 Å². The molecule has 3 aromatic heterocycles. The molecule has 0 amide bonds. The van der Waals surface area contributed by atoms with E-state index in [0.717, 1.165) is 0 Å². The average molecular weight is 937 g/mol. The van der Waals surface area contributed by atoms with E-state index in [2.05, 4.69) is 249 Å². The molecule has 332 valence electrons. The van der Waals surface area contributed by atoms with Crippen LogP contribution in [0.4, 0.5) is 17.1 Å². The minimum absolute atomic E-state index is 0.0339. The van der Waals surface area contributed by atoms with E-state index >= 15 is 0 Å². The van der Waals surface area contributed by atoms with Crippen LogP contribution in [-0.4, -0.2) is 35.2 Å². The van der Waals surface area contributed by atoms with Gasteiger partial charge in [0, 0.05) is 77.5 Å². The van der Waals surface area contributed by atoms with E-state index < -0.39 is 8.07 Å². The molecule has 8 heterocycles. The molecule has 0 saturated carbocycles. The third kappa shape index (κ3) is 4.13. The Labute approximate surface area is 421 Å². The van der Waals surface area contributed by atoms with Crippen LogP contribution in [0.1, 0.15) is 0 Å². The standard InChI is InChI=1S/C66H38B2N4Si/c1-4-19-39(20-5-1)69-51-32-12-11-26-43(51)46-37-50-65-58(63(46)69)45-28-17-30-48-62(45)72(65)66-59-54(70-52-33-13-10-25-42(52)44-27-16-29-47(61(44)70)67(48)59)38-55-60(66)68(50)49-31-18-36-57-64(49)71(55)53-34-14-15-35-56(53)73(57,40-21-6-2-7-22-40)41-23-8-3-9-24-41/h1-38H. The third-order valence-corrected chi connectivity index (χ3v) is 22.8. The number of nitrogens with zero attached hydrogens (tertiary/aromatic N) is 4. The van der Waals surface area contributed by atoms with Gasteiger partial charge >= 0.3 is 0 Å². The smallest absolute Gasteiger partial charge is 0.252 e. The summed E-state index contributed by atoms with van der Waals surface area (Å²) in [6, 6.07) is 88.9. The molecule has 0 N–H and O–H groups in total. The monoisotopic (exact) mass is 936 g/mol. The molecule has 19 rings (SSSR count). The maximum absolute atomic E-state index is 2.96. The Morgan fingerprint density at radius 1 is 0.315 bits per heavy atom. The van der Waals surface area contributed by atoms with E-state index in [4.69, 9.17) is 0 Å². The van der Waals surface area contributed by atoms with Gasteiger partial charge in [-0.2, -0.15) is 0 Å². The van der Waals surface area contributed by atoms with E-state index in [1.165, 1.54) is 153 Å². The van der Waals surface area contributed by atoms with Crippen molar-refractivity contribution in [3.05, 3.63) is 231 Å². The number of rotatable bonds is 3. The van der Waals surface area contributed by atoms with Crippen molar-refractivity contribution in [2.45, 2.75) is 0 Å². The second kappa shape index (κ2) is 12.9. The number of para-hydroxylation sites is 7. The Kier molecular flexibility index (Phi) is 6.66. The van der Waals surface area contributed by atoms with Crippen molar-refractivity contribution in [2.75, 3.05) is 4.90 Å². The van der Waals surface area contributed by atoms with Gasteiger partial charge in [-0.3, -0.25) is 0 Å². The quantitative estimate of drug-likeness (QED) is 0.163. The number of hydrogen-bond acceptors (Lipinski definition) is 1. The van der Waals surface area contributed by atoms with Gasteiger partial charge < -0.3 is 18.6 Å². The molecule has 5 aliphatic heterocycles. The largest absolute Gasteiger partial charge is 0.312 e. The molecule has 73 heavy (non-hydrogen) atoms. The van der Waals surface area contributed by atoms with Gasteiger partial charge in [-0.15, -0.1) is 0 Å². The van der Waals surface area contributed by atoms with Gasteiger partial charge in [0.15, 0.2) is 8.07 Å². The second-order valence-corrected chi connectivity index (χ2v) is 24.7. The summed E-state index contributed by atoms with van der Waals surface area (Å²) in [5.41, 5.74) is 23.9. The predicted molar refractivity (Wildman–Crippen MR) is 311 cm³/mol. The van der Waals surface area contributed by atoms with Gasteiger partial charge in [0.05, 0.1) is 22.1 Å². The van der Waals surface area contributed by atoms with Crippen molar-refractivity contribution in [1.29, 1.82) is 0 Å². The van der Waals surface area contributed by atoms with Gasteiger partial charge in [-0.05, 0) is 89.9 Å². The maximum atomic E-state index is 2.78. The maximum Gasteiger partial charge on any atom is 0.252 e. The lowest BCUT2D eigenvalue weighted by Gasteiger charge is -2.50. The van der Waals surface area contributed by atoms with Crippen LogP contribution in [0.5, 0.6) is 0 Å². The highest BCUT2D eigenvalue weighted by atomic mass is 28.3. The SMILES string of the molecule is c1ccc(-n2c3ccccc3c3cc4c5c(c6cccc7c6n5-c5c6c(cc8c5B7c5cccc7c9ccccc9n-8c57)N5c7ccccc7[Si](c7ccccc7)(c7ccccc7)c7cccc(c75)B64)c32)cc1. The van der Waals surface area contributed by atoms with Crippen LogP contribution in [0.3, 0.4) is 0 Å². The lowest BCUT2D eigenvalue weighted by molar-refractivity contribution is 1.14. The molecule has 0 fully saturated rings. The number of benzene rings is 11. The summed E-state index contributed by atoms with van der Waals surface area (Å²) in [7, 11) is -2.96. The topological polar surface area (TPSA) is 18.0 Å². The van der Waals surface area contributed by atoms with E-state index in [1.807, 2.05) is 0 Å². The van der Waals surface area contributed by atoms with Crippen molar-refractivity contribution in [3.8, 4) is 17.1 Å². The fraction of sp³-hybridized carbons (Fsp3) is 0. The fourth-order valence-electron chi connectivity index (χ4n) is 15.6. The van der Waals surface area contributed by atoms with Crippen molar-refractivity contribution in [3.63, 3.8) is 0 Å². The Morgan fingerprint density at radius 3 is 1.62 bits per heavy atom. The molecular formula is C66H38B2N4Si. The highest BCUT2D eigenvalue weighted by molar-refractivity contribution is 7.22. The van der Waals surface area contributed by atoms with Crippen molar-refractivity contribution in [1.82, 2.24) is 13.7 Å². The summed E-state index contributed by atoms with van der Waals surface area (Å²) in [6.07, 6.45) is 0. The highest BCUT2D eigenvalue weighted by Crippen LogP contribution is 2.49. The van der Waals surface area contributed by atoms with Crippen LogP contribution in [-0.2, 0) is 0 Å². The second-order valence-electron chi connectivity index (χ2n) is 21.0. The summed E-state index contributed by atoms with van der Waals surface area (Å²) < 4.78 is 7.99. The summed E-state index contributed by atoms with van der Waals surface area (Å²) in [5, 5.41) is 13.5. The zero-order valence-electron chi connectivity index (χ0n) is 39.4. The first-order chi connectivity index (χ1) is 36.3. The zero-order chi connectivity index (χ0) is 47.0. The number of anilines is 3. The molecular weight excluding hydrogens is 898 g/mol. The number of hydrogen-bond donors (Lipinski definition) is 0. The molecule has 5 aliphatic rings. The Bertz CT molecular complexity index is 4840. The molecule has 0 unspecified atom stereocenters. The Balaban J connectivity index is 1.07. The van der Waals surface area contributed by atoms with E-state index in [9.17, 15) is 0 Å². The minimum atomic E-state index is -2.96. The van der Waals surface area contributed by atoms with Crippen LogP contribution in [0.2, 0.25) is 0 Å². The molecule has 4 nitrogen and oxygen atoms in total. The molecule has 0 atom stereocenters. The number of fused-ring (bicyclic) bond motifs is 16. The molecule has 11 aromatic carbocycles. The van der Waals surface area contributed by atoms with Crippen molar-refractivity contribution in [2.24, 2.45) is 0 Å². The molecule has 0 bridgehead atoms. The molecule has 7 heteroatoms. The van der Waals surface area contributed by atoms with Gasteiger partial charge in [0.2, 0.25) is 0 Å². The summed E-state index contributed by atoms with van der Waals surface area (Å²) >= 11 is 0. The minimum Gasteiger partial charge on any atom is -0.312 e. The lowest BCUT2D eigenvalue weighted by Crippen LogP contribution is -2.79. The zero-order valence-corrected chi connectivity index (χ0v) is 40.4. The van der Waals surface area contributed by atoms with Crippen molar-refractivity contribution < 1.29 is 0 Å². The van der Waals surface area contributed by atoms with Gasteiger partial charge in [0.25, 0.3) is 13.4 Å². The van der Waals surface area contributed by atoms with Crippen LogP contribution in [0, 0.1) is 0 Å². The average Bonchev–Trinajstić information content (AvgIpc) is 4.12. The molecule has 0 radical (unpaired) electrons. The first kappa shape index (κ1) is 37.7.